The molecule has 5 heteroatoms. The molecule has 19 heavy (non-hydrogen) atoms. The van der Waals surface area contributed by atoms with Gasteiger partial charge >= 0.3 is 0 Å². The molecule has 0 aromatic rings. The molecule has 2 heterocycles. The number of nitrogens with two attached hydrogens (primary N) is 1. The summed E-state index contributed by atoms with van der Waals surface area (Å²) in [6.45, 7) is 5.97. The van der Waals surface area contributed by atoms with Gasteiger partial charge in [0, 0.05) is 19.1 Å². The summed E-state index contributed by atoms with van der Waals surface area (Å²) < 4.78 is 0. The third-order valence-electron chi connectivity index (χ3n) is 5.28. The van der Waals surface area contributed by atoms with Crippen LogP contribution in [0.4, 0.5) is 0 Å². The Morgan fingerprint density at radius 1 is 1.26 bits per heavy atom. The number of aliphatic hydroxyl groups is 1. The lowest BCUT2D eigenvalue weighted by Gasteiger charge is -2.43. The van der Waals surface area contributed by atoms with Crippen molar-refractivity contribution in [3.63, 3.8) is 0 Å². The van der Waals surface area contributed by atoms with E-state index >= 15 is 0 Å². The second-order valence-electron chi connectivity index (χ2n) is 6.77. The van der Waals surface area contributed by atoms with Gasteiger partial charge in [0.2, 0.25) is 0 Å². The molecule has 1 aliphatic carbocycles. The van der Waals surface area contributed by atoms with Gasteiger partial charge in [0.1, 0.15) is 0 Å². The Labute approximate surface area is 116 Å². The number of piperazine rings is 1. The first-order chi connectivity index (χ1) is 9.22. The van der Waals surface area contributed by atoms with Gasteiger partial charge in [-0.15, -0.1) is 0 Å². The van der Waals surface area contributed by atoms with Gasteiger partial charge in [-0.2, -0.15) is 0 Å². The van der Waals surface area contributed by atoms with Crippen LogP contribution in [-0.4, -0.2) is 68.2 Å². The maximum atomic E-state index is 10.3. The summed E-state index contributed by atoms with van der Waals surface area (Å²) in [4.78, 5) is 4.20. The first-order valence-corrected chi connectivity index (χ1v) is 8.05. The van der Waals surface area contributed by atoms with Gasteiger partial charge in [-0.1, -0.05) is 12.8 Å². The predicted molar refractivity (Wildman–Crippen MR) is 73.7 cm³/mol. The third-order valence-corrected chi connectivity index (χ3v) is 5.28. The Morgan fingerprint density at radius 3 is 2.79 bits per heavy atom. The van der Waals surface area contributed by atoms with Crippen LogP contribution in [0.5, 0.6) is 0 Å². The zero-order valence-electron chi connectivity index (χ0n) is 12.1. The smallest absolute Gasteiger partial charge is 0.193 e. The lowest BCUT2D eigenvalue weighted by molar-refractivity contribution is -0.884. The van der Waals surface area contributed by atoms with Crippen molar-refractivity contribution >= 4 is 0 Å². The molecule has 4 unspecified atom stereocenters. The molecule has 0 aromatic carbocycles. The molecular weight excluding hydrogens is 240 g/mol. The largest absolute Gasteiger partial charge is 0.345 e. The Hall–Kier alpha value is -0.200. The standard InChI is InChI=1S/C14H28N4O/c1-17-6-8-18(9-7-17)10-13-15-12-5-3-2-4-11(12)14(19)16-13/h11-16,19H,2-10H2,1H3/p+2. The van der Waals surface area contributed by atoms with Crippen molar-refractivity contribution in [1.29, 1.82) is 0 Å². The number of hydrogen-bond acceptors (Lipinski definition) is 3. The van der Waals surface area contributed by atoms with Crippen LogP contribution in [0.1, 0.15) is 25.7 Å². The molecule has 3 aliphatic rings. The highest BCUT2D eigenvalue weighted by Crippen LogP contribution is 2.26. The van der Waals surface area contributed by atoms with Gasteiger partial charge in [-0.05, 0) is 12.8 Å². The van der Waals surface area contributed by atoms with Gasteiger partial charge in [-0.25, -0.2) is 0 Å². The minimum absolute atomic E-state index is 0.186. The van der Waals surface area contributed by atoms with Crippen molar-refractivity contribution in [2.24, 2.45) is 5.92 Å². The molecule has 1 saturated carbocycles. The number of nitrogens with zero attached hydrogens (tertiary/aromatic N) is 1. The molecule has 0 bridgehead atoms. The number of hydrogen-bond donors (Lipinski definition) is 4. The van der Waals surface area contributed by atoms with Crippen molar-refractivity contribution < 1.29 is 15.3 Å². The zero-order valence-corrected chi connectivity index (χ0v) is 12.1. The number of rotatable bonds is 2. The van der Waals surface area contributed by atoms with Gasteiger partial charge in [0.15, 0.2) is 12.4 Å². The summed E-state index contributed by atoms with van der Waals surface area (Å²) in [5.41, 5.74) is 0. The van der Waals surface area contributed by atoms with Gasteiger partial charge in [0.05, 0.1) is 32.6 Å². The highest BCUT2D eigenvalue weighted by atomic mass is 16.3. The first-order valence-electron chi connectivity index (χ1n) is 8.05. The predicted octanol–water partition coefficient (Wildman–Crippen LogP) is -2.81. The Balaban J connectivity index is 1.51. The second kappa shape index (κ2) is 6.06. The van der Waals surface area contributed by atoms with E-state index in [9.17, 15) is 5.11 Å². The van der Waals surface area contributed by atoms with Crippen LogP contribution in [0, 0.1) is 5.92 Å². The average Bonchev–Trinajstić information content (AvgIpc) is 2.42. The fourth-order valence-corrected chi connectivity index (χ4v) is 4.00. The number of fused-ring (bicyclic) bond motifs is 1. The van der Waals surface area contributed by atoms with Crippen LogP contribution in [0.2, 0.25) is 0 Å². The SMILES string of the molecule is C[NH+]1CCN(CC2NC3CCCCC3C(O)[NH2+]2)CC1. The minimum Gasteiger partial charge on any atom is -0.345 e. The summed E-state index contributed by atoms with van der Waals surface area (Å²) in [6, 6.07) is 0.553. The fraction of sp³-hybridized carbons (Fsp3) is 1.00. The van der Waals surface area contributed by atoms with Gasteiger partial charge in [0.25, 0.3) is 0 Å². The van der Waals surface area contributed by atoms with Gasteiger partial charge < -0.3 is 15.3 Å². The van der Waals surface area contributed by atoms with Crippen molar-refractivity contribution in [1.82, 2.24) is 10.2 Å². The second-order valence-corrected chi connectivity index (χ2v) is 6.77. The van der Waals surface area contributed by atoms with E-state index in [1.165, 1.54) is 51.9 Å². The van der Waals surface area contributed by atoms with E-state index in [1.54, 1.807) is 4.90 Å². The molecule has 5 nitrogen and oxygen atoms in total. The Bertz CT molecular complexity index is 293. The van der Waals surface area contributed by atoms with E-state index in [4.69, 9.17) is 0 Å². The molecule has 4 atom stereocenters. The molecule has 2 aliphatic heterocycles. The van der Waals surface area contributed by atoms with Crippen molar-refractivity contribution in [3.05, 3.63) is 0 Å². The van der Waals surface area contributed by atoms with E-state index < -0.39 is 0 Å². The third kappa shape index (κ3) is 3.28. The summed E-state index contributed by atoms with van der Waals surface area (Å²) in [5.74, 6) is 0.474. The minimum atomic E-state index is -0.186. The van der Waals surface area contributed by atoms with Gasteiger partial charge in [-0.3, -0.25) is 10.2 Å². The lowest BCUT2D eigenvalue weighted by Crippen LogP contribution is -3.12. The normalized spacial score (nSPS) is 42.0. The first kappa shape index (κ1) is 13.8. The zero-order chi connectivity index (χ0) is 13.2. The van der Waals surface area contributed by atoms with Crippen LogP contribution in [0.25, 0.3) is 0 Å². The molecule has 0 spiro atoms. The molecule has 0 aromatic heterocycles. The summed E-state index contributed by atoms with van der Waals surface area (Å²) in [7, 11) is 2.28. The maximum absolute atomic E-state index is 10.3. The van der Waals surface area contributed by atoms with E-state index in [-0.39, 0.29) is 6.23 Å². The van der Waals surface area contributed by atoms with E-state index in [1.807, 2.05) is 0 Å². The number of quaternary nitrogens is 2. The van der Waals surface area contributed by atoms with Crippen LogP contribution < -0.4 is 15.5 Å². The number of aliphatic hydroxyl groups excluding tert-OH is 1. The quantitative estimate of drug-likeness (QED) is 0.438. The maximum Gasteiger partial charge on any atom is 0.193 e. The van der Waals surface area contributed by atoms with Crippen LogP contribution in [0.3, 0.4) is 0 Å². The van der Waals surface area contributed by atoms with E-state index in [2.05, 4.69) is 22.6 Å². The molecule has 3 fully saturated rings. The summed E-state index contributed by atoms with van der Waals surface area (Å²) >= 11 is 0. The molecule has 2 saturated heterocycles. The van der Waals surface area contributed by atoms with Crippen LogP contribution in [-0.2, 0) is 0 Å². The van der Waals surface area contributed by atoms with Crippen LogP contribution >= 0.6 is 0 Å². The molecule has 110 valence electrons. The summed E-state index contributed by atoms with van der Waals surface area (Å²) in [5, 5.41) is 16.3. The average molecular weight is 270 g/mol. The fourth-order valence-electron chi connectivity index (χ4n) is 4.00. The highest BCUT2D eigenvalue weighted by Gasteiger charge is 2.41. The Kier molecular flexibility index (Phi) is 4.39. The number of nitrogens with one attached hydrogen (secondary N) is 2. The van der Waals surface area contributed by atoms with Crippen molar-refractivity contribution in [2.45, 2.75) is 44.1 Å². The molecular formula is C14H30N4O+2. The number of likely N-dealkylation sites (N-methyl/N-ethyl adjacent to an activating group) is 1. The van der Waals surface area contributed by atoms with E-state index in [0.717, 1.165) is 6.54 Å². The monoisotopic (exact) mass is 270 g/mol. The molecule has 5 N–H and O–H groups in total. The topological polar surface area (TPSA) is 56.5 Å². The van der Waals surface area contributed by atoms with Crippen LogP contribution in [0.15, 0.2) is 0 Å². The summed E-state index contributed by atoms with van der Waals surface area (Å²) in [6.07, 6.45) is 5.26. The highest BCUT2D eigenvalue weighted by molar-refractivity contribution is 4.86. The lowest BCUT2D eigenvalue weighted by atomic mass is 9.81. The van der Waals surface area contributed by atoms with E-state index in [0.29, 0.717) is 18.1 Å². The molecule has 0 amide bonds. The molecule has 0 radical (unpaired) electrons. The molecule has 3 rings (SSSR count). The Morgan fingerprint density at radius 2 is 2.00 bits per heavy atom. The van der Waals surface area contributed by atoms with Crippen molar-refractivity contribution in [3.8, 4) is 0 Å². The van der Waals surface area contributed by atoms with Crippen molar-refractivity contribution in [2.75, 3.05) is 39.8 Å².